The van der Waals surface area contributed by atoms with Gasteiger partial charge in [0.2, 0.25) is 21.7 Å². The van der Waals surface area contributed by atoms with Gasteiger partial charge in [0.15, 0.2) is 10.6 Å². The van der Waals surface area contributed by atoms with Crippen LogP contribution in [0.25, 0.3) is 11.1 Å². The minimum absolute atomic E-state index is 0.147. The molecule has 0 radical (unpaired) electrons. The van der Waals surface area contributed by atoms with E-state index in [0.29, 0.717) is 28.8 Å². The van der Waals surface area contributed by atoms with Gasteiger partial charge in [-0.25, -0.2) is 18.4 Å². The smallest absolute Gasteiger partial charge is 0.234 e. The van der Waals surface area contributed by atoms with E-state index in [9.17, 15) is 23.0 Å². The van der Waals surface area contributed by atoms with Gasteiger partial charge in [0.1, 0.15) is 5.69 Å². The van der Waals surface area contributed by atoms with Crippen LogP contribution >= 0.6 is 0 Å². The van der Waals surface area contributed by atoms with Crippen LogP contribution in [0.3, 0.4) is 0 Å². The molecule has 0 fully saturated rings. The highest BCUT2D eigenvalue weighted by molar-refractivity contribution is 7.91. The van der Waals surface area contributed by atoms with Crippen molar-refractivity contribution in [1.29, 1.82) is 0 Å². The zero-order valence-corrected chi connectivity index (χ0v) is 22.6. The van der Waals surface area contributed by atoms with E-state index in [0.717, 1.165) is 24.1 Å². The van der Waals surface area contributed by atoms with E-state index in [1.165, 1.54) is 18.3 Å². The van der Waals surface area contributed by atoms with Crippen molar-refractivity contribution in [2.45, 2.75) is 49.8 Å². The molecule has 2 heterocycles. The minimum atomic E-state index is -4.38. The van der Waals surface area contributed by atoms with E-state index in [1.54, 1.807) is 37.1 Å². The molecule has 9 heteroatoms. The van der Waals surface area contributed by atoms with Crippen LogP contribution in [0.4, 0.5) is 15.8 Å². The van der Waals surface area contributed by atoms with E-state index >= 15 is 0 Å². The van der Waals surface area contributed by atoms with E-state index in [1.807, 2.05) is 38.1 Å². The molecular weight excluding hydrogens is 505 g/mol. The fourth-order valence-corrected chi connectivity index (χ4v) is 5.79. The highest BCUT2D eigenvalue weighted by Gasteiger charge is 2.32. The first kappa shape index (κ1) is 27.1. The van der Waals surface area contributed by atoms with Gasteiger partial charge in [0, 0.05) is 24.5 Å². The van der Waals surface area contributed by atoms with Crippen molar-refractivity contribution in [3.8, 4) is 22.8 Å². The lowest BCUT2D eigenvalue weighted by atomic mass is 10.0. The Labute approximate surface area is 222 Å². The standard InChI is InChI=1S/C29H30FN3O4S/c1-5-6-10-24-25(33(4)21-9-7-8-18(2)17-21)26(34)27(29(35)32-24)38(36,37)22-13-11-20(12-14-22)23-15-16-31-28(30)19(23)3/h7-9,11-17H,5-6,10H2,1-4H3,(H2,32,34,35). The van der Waals surface area contributed by atoms with Gasteiger partial charge in [0.05, 0.1) is 10.6 Å². The topological polar surface area (TPSA) is 104 Å². The first-order valence-corrected chi connectivity index (χ1v) is 13.8. The fraction of sp³-hybridized carbons (Fsp3) is 0.241. The molecule has 7 nitrogen and oxygen atoms in total. The van der Waals surface area contributed by atoms with Crippen LogP contribution in [0.2, 0.25) is 0 Å². The zero-order chi connectivity index (χ0) is 27.6. The van der Waals surface area contributed by atoms with Crippen molar-refractivity contribution in [2.75, 3.05) is 11.9 Å². The Kier molecular flexibility index (Phi) is 7.68. The van der Waals surface area contributed by atoms with Crippen molar-refractivity contribution in [3.05, 3.63) is 83.6 Å². The monoisotopic (exact) mass is 535 g/mol. The molecule has 0 amide bonds. The summed E-state index contributed by atoms with van der Waals surface area (Å²) in [4.78, 5) is 8.75. The SMILES string of the molecule is CCCCc1nc(O)c(S(=O)(=O)c2ccc(-c3ccnc(F)c3C)cc2)c(O)c1N(C)c1cccc(C)c1. The molecule has 0 saturated carbocycles. The van der Waals surface area contributed by atoms with Crippen LogP contribution in [0.1, 0.15) is 36.6 Å². The maximum atomic E-state index is 13.9. The Morgan fingerprint density at radius 1 is 1.03 bits per heavy atom. The Morgan fingerprint density at radius 2 is 1.74 bits per heavy atom. The number of aromatic nitrogens is 2. The molecule has 0 saturated heterocycles. The van der Waals surface area contributed by atoms with E-state index in [2.05, 4.69) is 9.97 Å². The molecule has 38 heavy (non-hydrogen) atoms. The molecule has 0 aliphatic heterocycles. The first-order chi connectivity index (χ1) is 18.1. The molecule has 198 valence electrons. The van der Waals surface area contributed by atoms with Crippen LogP contribution < -0.4 is 4.90 Å². The van der Waals surface area contributed by atoms with Gasteiger partial charge in [0.25, 0.3) is 0 Å². The number of hydrogen-bond donors (Lipinski definition) is 2. The number of unbranched alkanes of at least 4 members (excludes halogenated alkanes) is 1. The molecule has 0 spiro atoms. The summed E-state index contributed by atoms with van der Waals surface area (Å²) in [5.74, 6) is -1.93. The van der Waals surface area contributed by atoms with Gasteiger partial charge in [-0.3, -0.25) is 0 Å². The Morgan fingerprint density at radius 3 is 2.39 bits per heavy atom. The van der Waals surface area contributed by atoms with E-state index in [4.69, 9.17) is 0 Å². The lowest BCUT2D eigenvalue weighted by Gasteiger charge is -2.25. The third-order valence-electron chi connectivity index (χ3n) is 6.54. The van der Waals surface area contributed by atoms with E-state index in [-0.39, 0.29) is 10.6 Å². The van der Waals surface area contributed by atoms with Crippen molar-refractivity contribution in [3.63, 3.8) is 0 Å². The molecule has 2 aromatic heterocycles. The number of aryl methyl sites for hydroxylation is 2. The molecular formula is C29H30FN3O4S. The Hall–Kier alpha value is -3.98. The fourth-order valence-electron chi connectivity index (χ4n) is 4.42. The number of halogens is 1. The number of pyridine rings is 2. The molecule has 0 unspecified atom stereocenters. The summed E-state index contributed by atoms with van der Waals surface area (Å²) in [5, 5.41) is 22.1. The summed E-state index contributed by atoms with van der Waals surface area (Å²) < 4.78 is 41.3. The largest absolute Gasteiger partial charge is 0.504 e. The molecule has 0 bridgehead atoms. The summed E-state index contributed by atoms with van der Waals surface area (Å²) in [5.41, 5.74) is 3.87. The van der Waals surface area contributed by atoms with Gasteiger partial charge in [-0.2, -0.15) is 4.39 Å². The third kappa shape index (κ3) is 5.06. The summed E-state index contributed by atoms with van der Waals surface area (Å²) >= 11 is 0. The summed E-state index contributed by atoms with van der Waals surface area (Å²) in [6.45, 7) is 5.54. The Bertz CT molecular complexity index is 1590. The van der Waals surface area contributed by atoms with Crippen molar-refractivity contribution in [2.24, 2.45) is 0 Å². The van der Waals surface area contributed by atoms with Crippen LogP contribution in [0.5, 0.6) is 11.6 Å². The lowest BCUT2D eigenvalue weighted by Crippen LogP contribution is -2.16. The normalized spacial score (nSPS) is 11.5. The second-order valence-electron chi connectivity index (χ2n) is 9.21. The number of benzene rings is 2. The number of rotatable bonds is 8. The highest BCUT2D eigenvalue weighted by atomic mass is 32.2. The van der Waals surface area contributed by atoms with Gasteiger partial charge in [-0.1, -0.05) is 37.6 Å². The van der Waals surface area contributed by atoms with Crippen LogP contribution in [0, 0.1) is 19.8 Å². The van der Waals surface area contributed by atoms with Gasteiger partial charge >= 0.3 is 0 Å². The number of nitrogens with zero attached hydrogens (tertiary/aromatic N) is 3. The van der Waals surface area contributed by atoms with Gasteiger partial charge < -0.3 is 15.1 Å². The van der Waals surface area contributed by atoms with Gasteiger partial charge in [-0.15, -0.1) is 0 Å². The Balaban J connectivity index is 1.84. The maximum absolute atomic E-state index is 13.9. The molecule has 2 aromatic carbocycles. The summed E-state index contributed by atoms with van der Waals surface area (Å²) in [6.07, 6.45) is 3.38. The zero-order valence-electron chi connectivity index (χ0n) is 21.7. The average molecular weight is 536 g/mol. The lowest BCUT2D eigenvalue weighted by molar-refractivity contribution is 0.405. The van der Waals surface area contributed by atoms with Crippen molar-refractivity contribution >= 4 is 21.2 Å². The maximum Gasteiger partial charge on any atom is 0.234 e. The summed E-state index contributed by atoms with van der Waals surface area (Å²) in [7, 11) is -2.66. The predicted octanol–water partition coefficient (Wildman–Crippen LogP) is 6.25. The van der Waals surface area contributed by atoms with Gasteiger partial charge in [-0.05, 0) is 73.7 Å². The third-order valence-corrected chi connectivity index (χ3v) is 8.34. The number of hydrogen-bond acceptors (Lipinski definition) is 7. The van der Waals surface area contributed by atoms with E-state index < -0.39 is 32.3 Å². The van der Waals surface area contributed by atoms with Crippen molar-refractivity contribution < 1.29 is 23.0 Å². The molecule has 4 rings (SSSR count). The minimum Gasteiger partial charge on any atom is -0.504 e. The molecule has 2 N–H and O–H groups in total. The second-order valence-corrected chi connectivity index (χ2v) is 11.1. The number of aromatic hydroxyl groups is 2. The molecule has 0 aliphatic rings. The van der Waals surface area contributed by atoms with Crippen LogP contribution in [0.15, 0.2) is 70.6 Å². The quantitative estimate of drug-likeness (QED) is 0.257. The number of anilines is 2. The second kappa shape index (κ2) is 10.8. The molecule has 4 aromatic rings. The average Bonchev–Trinajstić information content (AvgIpc) is 2.88. The van der Waals surface area contributed by atoms with Crippen LogP contribution in [-0.4, -0.2) is 35.6 Å². The van der Waals surface area contributed by atoms with Crippen molar-refractivity contribution in [1.82, 2.24) is 9.97 Å². The summed E-state index contributed by atoms with van der Waals surface area (Å²) in [6, 6.07) is 15.0. The van der Waals surface area contributed by atoms with Crippen LogP contribution in [-0.2, 0) is 16.3 Å². The predicted molar refractivity (Wildman–Crippen MR) is 145 cm³/mol. The first-order valence-electron chi connectivity index (χ1n) is 12.3. The number of sulfone groups is 1. The molecule has 0 atom stereocenters. The highest BCUT2D eigenvalue weighted by Crippen LogP contribution is 2.45. The molecule has 0 aliphatic carbocycles.